The van der Waals surface area contributed by atoms with Crippen LogP contribution in [0.3, 0.4) is 0 Å². The Labute approximate surface area is 169 Å². The highest BCUT2D eigenvalue weighted by molar-refractivity contribution is 6.04. The Morgan fingerprint density at radius 2 is 1.86 bits per heavy atom. The van der Waals surface area contributed by atoms with Crippen LogP contribution in [0, 0.1) is 0 Å². The van der Waals surface area contributed by atoms with E-state index in [4.69, 9.17) is 9.47 Å². The summed E-state index contributed by atoms with van der Waals surface area (Å²) < 4.78 is 13.3. The first kappa shape index (κ1) is 20.4. The molecule has 29 heavy (non-hydrogen) atoms. The molecule has 1 amide bonds. The molecule has 0 aliphatic carbocycles. The average Bonchev–Trinajstić information content (AvgIpc) is 3.11. The molecule has 1 heterocycles. The van der Waals surface area contributed by atoms with Gasteiger partial charge in [0.25, 0.3) is 5.91 Å². The number of ether oxygens (including phenoxy) is 2. The lowest BCUT2D eigenvalue weighted by molar-refractivity contribution is 0.0602. The lowest BCUT2D eigenvalue weighted by Gasteiger charge is -2.18. The number of nitrogens with one attached hydrogen (secondary N) is 1. The molecule has 0 spiro atoms. The second-order valence-corrected chi connectivity index (χ2v) is 6.86. The number of aryl methyl sites for hydroxylation is 1. The minimum absolute atomic E-state index is 0.330. The van der Waals surface area contributed by atoms with Gasteiger partial charge in [-0.25, -0.2) is 0 Å². The second kappa shape index (κ2) is 9.25. The van der Waals surface area contributed by atoms with Gasteiger partial charge in [-0.2, -0.15) is 5.10 Å². The molecule has 7 nitrogen and oxygen atoms in total. The number of nitrogens with zero attached hydrogens (tertiary/aromatic N) is 2. The average molecular weight is 395 g/mol. The number of hydrogen-bond donors (Lipinski definition) is 2. The largest absolute Gasteiger partial charge is 0.489 e. The third-order valence-corrected chi connectivity index (χ3v) is 4.35. The summed E-state index contributed by atoms with van der Waals surface area (Å²) in [7, 11) is 1.77. The zero-order chi connectivity index (χ0) is 20.8. The predicted molar refractivity (Wildman–Crippen MR) is 110 cm³/mol. The number of aliphatic hydroxyl groups excluding tert-OH is 1. The van der Waals surface area contributed by atoms with Crippen LogP contribution in [-0.4, -0.2) is 33.0 Å². The second-order valence-electron chi connectivity index (χ2n) is 6.86. The fraction of sp³-hybridized carbons (Fsp3) is 0.273. The van der Waals surface area contributed by atoms with E-state index in [2.05, 4.69) is 10.4 Å². The van der Waals surface area contributed by atoms with Crippen molar-refractivity contribution >= 4 is 11.7 Å². The molecule has 2 atom stereocenters. The van der Waals surface area contributed by atoms with E-state index in [1.807, 2.05) is 30.3 Å². The molecule has 2 aromatic carbocycles. The number of anilines is 1. The van der Waals surface area contributed by atoms with Crippen LogP contribution in [0.25, 0.3) is 0 Å². The Balaban J connectivity index is 1.81. The molecule has 0 radical (unpaired) electrons. The number of rotatable bonds is 8. The van der Waals surface area contributed by atoms with Crippen molar-refractivity contribution in [1.29, 1.82) is 0 Å². The molecular formula is C22H25N3O4. The summed E-state index contributed by atoms with van der Waals surface area (Å²) in [5, 5.41) is 16.6. The summed E-state index contributed by atoms with van der Waals surface area (Å²) in [6.45, 7) is 3.77. The summed E-state index contributed by atoms with van der Waals surface area (Å²) in [5.41, 5.74) is 1.38. The van der Waals surface area contributed by atoms with Crippen molar-refractivity contribution < 1.29 is 19.4 Å². The van der Waals surface area contributed by atoms with E-state index in [9.17, 15) is 9.90 Å². The minimum atomic E-state index is -0.658. The topological polar surface area (TPSA) is 85.6 Å². The summed E-state index contributed by atoms with van der Waals surface area (Å²) in [4.78, 5) is 12.7. The molecule has 0 fully saturated rings. The molecule has 0 saturated heterocycles. The van der Waals surface area contributed by atoms with Gasteiger partial charge < -0.3 is 19.9 Å². The van der Waals surface area contributed by atoms with E-state index in [1.54, 1.807) is 56.0 Å². The summed E-state index contributed by atoms with van der Waals surface area (Å²) in [6, 6.07) is 16.4. The van der Waals surface area contributed by atoms with Crippen LogP contribution in [-0.2, 0) is 13.7 Å². The van der Waals surface area contributed by atoms with E-state index in [1.165, 1.54) is 0 Å². The van der Waals surface area contributed by atoms with E-state index in [0.717, 1.165) is 5.56 Å². The summed E-state index contributed by atoms with van der Waals surface area (Å²) in [5.74, 6) is 1.06. The Bertz CT molecular complexity index is 954. The Morgan fingerprint density at radius 3 is 2.52 bits per heavy atom. The minimum Gasteiger partial charge on any atom is -0.489 e. The number of aromatic nitrogens is 2. The third kappa shape index (κ3) is 5.83. The normalized spacial score (nSPS) is 12.8. The highest BCUT2D eigenvalue weighted by Gasteiger charge is 2.15. The van der Waals surface area contributed by atoms with Gasteiger partial charge in [-0.05, 0) is 31.5 Å². The van der Waals surface area contributed by atoms with Crippen molar-refractivity contribution in [2.45, 2.75) is 32.7 Å². The zero-order valence-electron chi connectivity index (χ0n) is 16.7. The number of aliphatic hydroxyl groups is 1. The van der Waals surface area contributed by atoms with Gasteiger partial charge in [0.2, 0.25) is 0 Å². The van der Waals surface area contributed by atoms with E-state index in [-0.39, 0.29) is 5.91 Å². The van der Waals surface area contributed by atoms with Crippen LogP contribution in [0.2, 0.25) is 0 Å². The van der Waals surface area contributed by atoms with Gasteiger partial charge >= 0.3 is 0 Å². The van der Waals surface area contributed by atoms with Crippen LogP contribution in [0.1, 0.15) is 29.8 Å². The molecule has 2 N–H and O–H groups in total. The van der Waals surface area contributed by atoms with E-state index in [0.29, 0.717) is 29.5 Å². The Hall–Kier alpha value is -3.32. The highest BCUT2D eigenvalue weighted by atomic mass is 16.5. The fourth-order valence-electron chi connectivity index (χ4n) is 2.58. The smallest absolute Gasteiger partial charge is 0.257 e. The van der Waals surface area contributed by atoms with Crippen LogP contribution in [0.5, 0.6) is 11.5 Å². The Kier molecular flexibility index (Phi) is 6.51. The van der Waals surface area contributed by atoms with Gasteiger partial charge in [-0.15, -0.1) is 0 Å². The van der Waals surface area contributed by atoms with E-state index < -0.39 is 12.2 Å². The van der Waals surface area contributed by atoms with Crippen molar-refractivity contribution in [2.24, 2.45) is 7.05 Å². The lowest BCUT2D eigenvalue weighted by Crippen LogP contribution is -2.25. The quantitative estimate of drug-likeness (QED) is 0.611. The monoisotopic (exact) mass is 395 g/mol. The highest BCUT2D eigenvalue weighted by Crippen LogP contribution is 2.26. The molecule has 0 aliphatic heterocycles. The maximum Gasteiger partial charge on any atom is 0.257 e. The Morgan fingerprint density at radius 1 is 1.14 bits per heavy atom. The van der Waals surface area contributed by atoms with Crippen LogP contribution in [0.15, 0.2) is 60.8 Å². The van der Waals surface area contributed by atoms with Gasteiger partial charge in [0.15, 0.2) is 5.82 Å². The molecule has 7 heteroatoms. The number of amides is 1. The number of carbonyl (C=O) groups is 1. The van der Waals surface area contributed by atoms with Crippen molar-refractivity contribution in [3.8, 4) is 11.5 Å². The van der Waals surface area contributed by atoms with Crippen LogP contribution >= 0.6 is 0 Å². The van der Waals surface area contributed by atoms with Crippen molar-refractivity contribution in [3.05, 3.63) is 71.9 Å². The molecule has 3 aromatic rings. The van der Waals surface area contributed by atoms with Crippen molar-refractivity contribution in [1.82, 2.24) is 9.78 Å². The van der Waals surface area contributed by atoms with Gasteiger partial charge in [-0.1, -0.05) is 30.3 Å². The maximum absolute atomic E-state index is 12.7. The van der Waals surface area contributed by atoms with Crippen LogP contribution in [0.4, 0.5) is 5.82 Å². The number of hydrogen-bond acceptors (Lipinski definition) is 5. The number of benzene rings is 2. The van der Waals surface area contributed by atoms with Crippen LogP contribution < -0.4 is 14.8 Å². The summed E-state index contributed by atoms with van der Waals surface area (Å²) in [6.07, 6.45) is 0.647. The standard InChI is InChI=1S/C22H25N3O4/c1-15(26)16(2)29-20-12-18(22(27)23-21-9-10-25(3)24-21)11-19(13-20)28-14-17-7-5-4-6-8-17/h4-13,15-16,26H,14H2,1-3H3,(H,23,24,27). The van der Waals surface area contributed by atoms with Crippen molar-refractivity contribution in [2.75, 3.05) is 5.32 Å². The predicted octanol–water partition coefficient (Wildman–Crippen LogP) is 3.40. The molecule has 0 aliphatic rings. The van der Waals surface area contributed by atoms with Gasteiger partial charge in [0, 0.05) is 30.9 Å². The first-order valence-corrected chi connectivity index (χ1v) is 9.38. The first-order chi connectivity index (χ1) is 13.9. The molecule has 2 unspecified atom stereocenters. The zero-order valence-corrected chi connectivity index (χ0v) is 16.7. The third-order valence-electron chi connectivity index (χ3n) is 4.35. The number of carbonyl (C=O) groups excluding carboxylic acids is 1. The summed E-state index contributed by atoms with van der Waals surface area (Å²) >= 11 is 0. The maximum atomic E-state index is 12.7. The molecule has 152 valence electrons. The SMILES string of the molecule is CC(O)C(C)Oc1cc(OCc2ccccc2)cc(C(=O)Nc2ccn(C)n2)c1. The van der Waals surface area contributed by atoms with E-state index >= 15 is 0 Å². The molecule has 0 bridgehead atoms. The van der Waals surface area contributed by atoms with Gasteiger partial charge in [-0.3, -0.25) is 9.48 Å². The fourth-order valence-corrected chi connectivity index (χ4v) is 2.58. The lowest BCUT2D eigenvalue weighted by atomic mass is 10.1. The van der Waals surface area contributed by atoms with Crippen molar-refractivity contribution in [3.63, 3.8) is 0 Å². The first-order valence-electron chi connectivity index (χ1n) is 9.38. The molecule has 0 saturated carbocycles. The van der Waals surface area contributed by atoms with Gasteiger partial charge in [0.05, 0.1) is 6.10 Å². The molecule has 1 aromatic heterocycles. The molecular weight excluding hydrogens is 370 g/mol. The molecule has 3 rings (SSSR count). The van der Waals surface area contributed by atoms with Gasteiger partial charge in [0.1, 0.15) is 24.2 Å².